The van der Waals surface area contributed by atoms with Crippen molar-refractivity contribution >= 4 is 32.8 Å². The summed E-state index contributed by atoms with van der Waals surface area (Å²) in [6.07, 6.45) is -3.24. The smallest absolute Gasteiger partial charge is 0.408 e. The number of rotatable bonds is 8. The van der Waals surface area contributed by atoms with Gasteiger partial charge in [-0.3, -0.25) is 9.40 Å². The number of hydrogen-bond acceptors (Lipinski definition) is 7. The molecule has 2 aromatic carbocycles. The van der Waals surface area contributed by atoms with Crippen LogP contribution in [0.25, 0.3) is 22.0 Å². The topological polar surface area (TPSA) is 135 Å². The lowest BCUT2D eigenvalue weighted by Crippen LogP contribution is -2.36. The van der Waals surface area contributed by atoms with E-state index in [-0.39, 0.29) is 51.2 Å². The number of aromatic nitrogens is 3. The van der Waals surface area contributed by atoms with E-state index in [4.69, 9.17) is 4.74 Å². The number of hydrogen-bond donors (Lipinski definition) is 3. The number of pyridine rings is 1. The minimum atomic E-state index is -3.93. The van der Waals surface area contributed by atoms with Crippen LogP contribution >= 0.6 is 0 Å². The summed E-state index contributed by atoms with van der Waals surface area (Å²) in [5, 5.41) is 16.9. The summed E-state index contributed by atoms with van der Waals surface area (Å²) in [5.41, 5.74) is -1.81. The van der Waals surface area contributed by atoms with Crippen molar-refractivity contribution < 1.29 is 40.6 Å². The zero-order valence-electron chi connectivity index (χ0n) is 27.2. The largest absolute Gasteiger partial charge is 0.444 e. The minimum Gasteiger partial charge on any atom is -0.444 e. The molecule has 0 unspecified atom stereocenters. The first-order valence-electron chi connectivity index (χ1n) is 14.6. The summed E-state index contributed by atoms with van der Waals surface area (Å²) >= 11 is 0. The maximum absolute atomic E-state index is 14.3. The highest BCUT2D eigenvalue weighted by molar-refractivity contribution is 7.92. The molecule has 0 saturated carbocycles. The molecule has 0 aliphatic carbocycles. The summed E-state index contributed by atoms with van der Waals surface area (Å²) < 4.78 is 90.4. The van der Waals surface area contributed by atoms with E-state index < -0.39 is 57.0 Å². The van der Waals surface area contributed by atoms with E-state index in [1.807, 2.05) is 0 Å². The van der Waals surface area contributed by atoms with Crippen molar-refractivity contribution in [3.63, 3.8) is 0 Å². The summed E-state index contributed by atoms with van der Waals surface area (Å²) in [5.74, 6) is 3.38. The molecule has 0 saturated heterocycles. The Balaban J connectivity index is 2.05. The number of aliphatic hydroxyl groups is 1. The summed E-state index contributed by atoms with van der Waals surface area (Å²) in [6, 6.07) is 7.29. The van der Waals surface area contributed by atoms with Gasteiger partial charge in [-0.15, -0.1) is 0 Å². The normalized spacial score (nSPS) is 12.9. The Morgan fingerprint density at radius 1 is 1.04 bits per heavy atom. The third kappa shape index (κ3) is 9.23. The molecule has 15 heteroatoms. The van der Waals surface area contributed by atoms with Crippen LogP contribution in [0.3, 0.4) is 0 Å². The number of ether oxygens (including phenoxy) is 1. The van der Waals surface area contributed by atoms with Gasteiger partial charge in [-0.2, -0.15) is 5.10 Å². The summed E-state index contributed by atoms with van der Waals surface area (Å²) in [6.45, 7) is 7.86. The molecule has 3 N–H and O–H groups in total. The lowest BCUT2D eigenvalue weighted by atomic mass is 9.93. The number of sulfonamides is 1. The maximum Gasteiger partial charge on any atom is 0.408 e. The van der Waals surface area contributed by atoms with E-state index in [1.54, 1.807) is 26.8 Å². The molecular formula is C33H35F4N5O5S. The molecule has 4 rings (SSSR count). The Kier molecular flexibility index (Phi) is 10.1. The maximum atomic E-state index is 14.3. The number of benzene rings is 2. The van der Waals surface area contributed by atoms with Crippen molar-refractivity contribution in [1.29, 1.82) is 0 Å². The van der Waals surface area contributed by atoms with Crippen molar-refractivity contribution in [2.24, 2.45) is 7.05 Å². The Morgan fingerprint density at radius 2 is 1.67 bits per heavy atom. The Hall–Kier alpha value is -4.68. The average molecular weight is 690 g/mol. The van der Waals surface area contributed by atoms with Crippen molar-refractivity contribution in [2.45, 2.75) is 64.7 Å². The van der Waals surface area contributed by atoms with Gasteiger partial charge in [0.1, 0.15) is 28.5 Å². The number of alkyl halides is 2. The second-order valence-corrected chi connectivity index (χ2v) is 14.4. The Bertz CT molecular complexity index is 2020. The monoisotopic (exact) mass is 689 g/mol. The van der Waals surface area contributed by atoms with E-state index in [0.29, 0.717) is 6.07 Å². The number of carbonyl (C=O) groups is 1. The molecule has 2 heterocycles. The van der Waals surface area contributed by atoms with Crippen LogP contribution in [0.15, 0.2) is 42.5 Å². The molecule has 1 amide bonds. The predicted octanol–water partition coefficient (Wildman–Crippen LogP) is 6.15. The van der Waals surface area contributed by atoms with Crippen molar-refractivity contribution in [1.82, 2.24) is 20.1 Å². The fourth-order valence-corrected chi connectivity index (χ4v) is 5.47. The van der Waals surface area contributed by atoms with E-state index in [9.17, 15) is 35.9 Å². The molecule has 0 spiro atoms. The number of nitrogens with one attached hydrogen (secondary N) is 2. The first-order valence-corrected chi connectivity index (χ1v) is 16.5. The fourth-order valence-electron chi connectivity index (χ4n) is 4.97. The van der Waals surface area contributed by atoms with Gasteiger partial charge < -0.3 is 15.2 Å². The molecule has 0 bridgehead atoms. The van der Waals surface area contributed by atoms with Gasteiger partial charge in [0.2, 0.25) is 10.0 Å². The van der Waals surface area contributed by atoms with Gasteiger partial charge in [-0.25, -0.2) is 35.8 Å². The number of anilines is 1. The van der Waals surface area contributed by atoms with Gasteiger partial charge >= 0.3 is 6.09 Å². The van der Waals surface area contributed by atoms with Crippen LogP contribution in [0, 0.1) is 23.5 Å². The van der Waals surface area contributed by atoms with Gasteiger partial charge in [0, 0.05) is 29.8 Å². The number of carbonyl (C=O) groups excluding carboxylic acids is 1. The standard InChI is InChI=1S/C33H35F4N5O5S/c1-32(2,3)47-31(43)39-25(16-18-14-19(34)17-20(35)15-18)27-22(9-8-21(38-27)12-13-33(4,5)44)23-10-11-24(29(36)37)26-28(23)42(6)40-30(26)41-48(7,45)46/h8-11,14-15,17,25,29,44H,16H2,1-7H3,(H,39,43)(H,40,41)/t25-/m0/s1. The third-order valence-electron chi connectivity index (χ3n) is 6.63. The van der Waals surface area contributed by atoms with Crippen LogP contribution in [0.2, 0.25) is 0 Å². The number of fused-ring (bicyclic) bond motifs is 1. The summed E-state index contributed by atoms with van der Waals surface area (Å²) in [7, 11) is -2.49. The van der Waals surface area contributed by atoms with E-state index in [1.165, 1.54) is 37.7 Å². The molecule has 1 atom stereocenters. The van der Waals surface area contributed by atoms with Crippen LogP contribution in [0.4, 0.5) is 28.2 Å². The van der Waals surface area contributed by atoms with E-state index in [2.05, 4.69) is 32.0 Å². The number of amides is 1. The highest BCUT2D eigenvalue weighted by Gasteiger charge is 2.29. The molecule has 256 valence electrons. The first kappa shape index (κ1) is 36.2. The Labute approximate surface area is 275 Å². The molecule has 4 aromatic rings. The Morgan fingerprint density at radius 3 is 2.23 bits per heavy atom. The first-order chi connectivity index (χ1) is 22.1. The van der Waals surface area contributed by atoms with Crippen LogP contribution in [0.1, 0.15) is 69.6 Å². The second-order valence-electron chi connectivity index (χ2n) is 12.7. The van der Waals surface area contributed by atoms with Crippen LogP contribution < -0.4 is 10.0 Å². The molecule has 0 fully saturated rings. The number of halogens is 4. The molecule has 0 radical (unpaired) electrons. The molecule has 0 aliphatic heterocycles. The van der Waals surface area contributed by atoms with Gasteiger partial charge in [-0.05, 0) is 76.8 Å². The van der Waals surface area contributed by atoms with Gasteiger partial charge in [0.25, 0.3) is 6.43 Å². The highest BCUT2D eigenvalue weighted by atomic mass is 32.2. The molecular weight excluding hydrogens is 654 g/mol. The van der Waals surface area contributed by atoms with E-state index in [0.717, 1.165) is 24.5 Å². The van der Waals surface area contributed by atoms with Gasteiger partial charge in [-0.1, -0.05) is 18.1 Å². The van der Waals surface area contributed by atoms with Crippen molar-refractivity contribution in [2.75, 3.05) is 11.0 Å². The zero-order chi connectivity index (χ0) is 35.8. The minimum absolute atomic E-state index is 0.0954. The average Bonchev–Trinajstić information content (AvgIpc) is 3.23. The third-order valence-corrected chi connectivity index (χ3v) is 7.20. The van der Waals surface area contributed by atoms with Crippen molar-refractivity contribution in [3.8, 4) is 23.0 Å². The van der Waals surface area contributed by atoms with Crippen LogP contribution in [-0.2, 0) is 28.2 Å². The molecule has 2 aromatic heterocycles. The number of alkyl carbamates (subject to hydrolysis) is 1. The molecule has 10 nitrogen and oxygen atoms in total. The lowest BCUT2D eigenvalue weighted by Gasteiger charge is -2.25. The van der Waals surface area contributed by atoms with Gasteiger partial charge in [0.05, 0.1) is 28.9 Å². The second kappa shape index (κ2) is 13.4. The van der Waals surface area contributed by atoms with Gasteiger partial charge in [0.15, 0.2) is 5.82 Å². The number of nitrogens with zero attached hydrogens (tertiary/aromatic N) is 3. The van der Waals surface area contributed by atoms with Crippen LogP contribution in [0.5, 0.6) is 0 Å². The fraction of sp³-hybridized carbons (Fsp3) is 0.364. The number of aryl methyl sites for hydroxylation is 1. The zero-order valence-corrected chi connectivity index (χ0v) is 28.1. The van der Waals surface area contributed by atoms with Crippen LogP contribution in [-0.4, -0.2) is 51.8 Å². The highest BCUT2D eigenvalue weighted by Crippen LogP contribution is 2.41. The summed E-state index contributed by atoms with van der Waals surface area (Å²) in [4.78, 5) is 17.8. The predicted molar refractivity (Wildman–Crippen MR) is 173 cm³/mol. The quantitative estimate of drug-likeness (QED) is 0.149. The SMILES string of the molecule is Cn1nc(NS(C)(=O)=O)c2c(C(F)F)ccc(-c3ccc(C#CC(C)(C)O)nc3[C@H](Cc3cc(F)cc(F)c3)NC(=O)OC(C)(C)C)c21. The van der Waals surface area contributed by atoms with E-state index >= 15 is 0 Å². The molecule has 48 heavy (non-hydrogen) atoms. The van der Waals surface area contributed by atoms with Crippen molar-refractivity contribution in [3.05, 3.63) is 76.6 Å². The molecule has 0 aliphatic rings. The lowest BCUT2D eigenvalue weighted by molar-refractivity contribution is 0.0502.